The predicted octanol–water partition coefficient (Wildman–Crippen LogP) is 4.71. The lowest BCUT2D eigenvalue weighted by molar-refractivity contribution is -0.120. The van der Waals surface area contributed by atoms with Crippen LogP contribution in [-0.2, 0) is 4.79 Å². The Labute approximate surface area is 147 Å². The maximum absolute atomic E-state index is 12.7. The Morgan fingerprint density at radius 3 is 2.57 bits per heavy atom. The molecule has 1 fully saturated rings. The Hall–Kier alpha value is -1.06. The maximum Gasteiger partial charge on any atom is 0.241 e. The highest BCUT2D eigenvalue weighted by molar-refractivity contribution is 5.96. The molecule has 1 unspecified atom stereocenters. The number of hydrogen-bond acceptors (Lipinski definition) is 2. The van der Waals surface area contributed by atoms with Crippen LogP contribution in [-0.4, -0.2) is 29.9 Å². The van der Waals surface area contributed by atoms with Crippen molar-refractivity contribution in [2.45, 2.75) is 65.3 Å². The first kappa shape index (κ1) is 20.0. The number of hydrogen-bond donors (Lipinski definition) is 1. The van der Waals surface area contributed by atoms with Crippen molar-refractivity contribution >= 4 is 24.0 Å². The van der Waals surface area contributed by atoms with Gasteiger partial charge in [-0.25, -0.2) is 0 Å². The Morgan fingerprint density at radius 2 is 1.91 bits per heavy atom. The summed E-state index contributed by atoms with van der Waals surface area (Å²) >= 11 is 0. The molecule has 4 heteroatoms. The normalized spacial score (nSPS) is 17.8. The van der Waals surface area contributed by atoms with Gasteiger partial charge in [-0.2, -0.15) is 0 Å². The molecule has 3 nitrogen and oxygen atoms in total. The first-order chi connectivity index (χ1) is 10.6. The van der Waals surface area contributed by atoms with E-state index in [4.69, 9.17) is 0 Å². The number of likely N-dealkylation sites (tertiary alicyclic amines) is 1. The molecular formula is C19H31ClN2O. The fourth-order valence-electron chi connectivity index (χ4n) is 3.35. The van der Waals surface area contributed by atoms with E-state index in [0.29, 0.717) is 0 Å². The number of anilines is 1. The van der Waals surface area contributed by atoms with Gasteiger partial charge in [0.2, 0.25) is 5.91 Å². The van der Waals surface area contributed by atoms with Crippen LogP contribution >= 0.6 is 12.4 Å². The van der Waals surface area contributed by atoms with Gasteiger partial charge in [0, 0.05) is 5.69 Å². The van der Waals surface area contributed by atoms with Crippen LogP contribution in [0, 0.1) is 13.8 Å². The number of unbranched alkanes of at least 4 members (excludes halogenated alkanes) is 3. The minimum absolute atomic E-state index is 0. The monoisotopic (exact) mass is 338 g/mol. The number of carbonyl (C=O) groups excluding carboxylic acids is 1. The second-order valence-electron chi connectivity index (χ2n) is 6.51. The molecule has 0 spiro atoms. The Bertz CT molecular complexity index is 484. The van der Waals surface area contributed by atoms with E-state index in [1.54, 1.807) is 0 Å². The van der Waals surface area contributed by atoms with Gasteiger partial charge in [0.25, 0.3) is 0 Å². The summed E-state index contributed by atoms with van der Waals surface area (Å²) in [6.07, 6.45) is 7.17. The van der Waals surface area contributed by atoms with Crippen molar-refractivity contribution in [3.05, 3.63) is 29.3 Å². The SMILES string of the molecule is CCCCCCN1CCCC1C(=O)Nc1c(C)cccc1C.Cl. The summed E-state index contributed by atoms with van der Waals surface area (Å²) in [6, 6.07) is 6.20. The zero-order chi connectivity index (χ0) is 15.9. The molecule has 0 aliphatic carbocycles. The molecule has 1 aromatic rings. The van der Waals surface area contributed by atoms with Gasteiger partial charge < -0.3 is 5.32 Å². The van der Waals surface area contributed by atoms with Crippen LogP contribution in [0.3, 0.4) is 0 Å². The number of carbonyl (C=O) groups is 1. The number of aryl methyl sites for hydroxylation is 2. The van der Waals surface area contributed by atoms with E-state index < -0.39 is 0 Å². The van der Waals surface area contributed by atoms with E-state index in [9.17, 15) is 4.79 Å². The molecule has 23 heavy (non-hydrogen) atoms. The van der Waals surface area contributed by atoms with Crippen LogP contribution in [0.1, 0.15) is 56.6 Å². The number of nitrogens with zero attached hydrogens (tertiary/aromatic N) is 1. The van der Waals surface area contributed by atoms with E-state index >= 15 is 0 Å². The molecule has 2 rings (SSSR count). The summed E-state index contributed by atoms with van der Waals surface area (Å²) in [4.78, 5) is 15.0. The molecular weight excluding hydrogens is 308 g/mol. The standard InChI is InChI=1S/C19H30N2O.ClH/c1-4-5-6-7-13-21-14-9-12-17(21)19(22)20-18-15(2)10-8-11-16(18)3;/h8,10-11,17H,4-7,9,12-14H2,1-3H3,(H,20,22);1H. The van der Waals surface area contributed by atoms with Gasteiger partial charge in [-0.15, -0.1) is 12.4 Å². The molecule has 1 amide bonds. The molecule has 0 saturated carbocycles. The van der Waals surface area contributed by atoms with E-state index in [1.807, 2.05) is 6.07 Å². The van der Waals surface area contributed by atoms with Gasteiger partial charge in [0.15, 0.2) is 0 Å². The zero-order valence-electron chi connectivity index (χ0n) is 14.7. The topological polar surface area (TPSA) is 32.3 Å². The van der Waals surface area contributed by atoms with Crippen molar-refractivity contribution in [3.63, 3.8) is 0 Å². The van der Waals surface area contributed by atoms with E-state index in [2.05, 4.69) is 43.1 Å². The van der Waals surface area contributed by atoms with Gasteiger partial charge in [0.05, 0.1) is 6.04 Å². The summed E-state index contributed by atoms with van der Waals surface area (Å²) in [7, 11) is 0. The lowest BCUT2D eigenvalue weighted by Crippen LogP contribution is -2.40. The molecule has 130 valence electrons. The van der Waals surface area contributed by atoms with E-state index in [0.717, 1.165) is 42.7 Å². The molecule has 1 N–H and O–H groups in total. The molecule has 1 aliphatic heterocycles. The van der Waals surface area contributed by atoms with Crippen LogP contribution in [0.15, 0.2) is 18.2 Å². The Balaban J connectivity index is 0.00000264. The van der Waals surface area contributed by atoms with Crippen LogP contribution in [0.4, 0.5) is 5.69 Å². The Morgan fingerprint density at radius 1 is 1.22 bits per heavy atom. The third-order valence-corrected chi connectivity index (χ3v) is 4.69. The van der Waals surface area contributed by atoms with Crippen molar-refractivity contribution in [1.29, 1.82) is 0 Å². The molecule has 0 radical (unpaired) electrons. The van der Waals surface area contributed by atoms with Gasteiger partial charge in [-0.1, -0.05) is 44.4 Å². The van der Waals surface area contributed by atoms with Crippen molar-refractivity contribution in [2.75, 3.05) is 18.4 Å². The van der Waals surface area contributed by atoms with E-state index in [-0.39, 0.29) is 24.4 Å². The van der Waals surface area contributed by atoms with Gasteiger partial charge >= 0.3 is 0 Å². The largest absolute Gasteiger partial charge is 0.324 e. The van der Waals surface area contributed by atoms with Crippen LogP contribution in [0.25, 0.3) is 0 Å². The number of benzene rings is 1. The van der Waals surface area contributed by atoms with Gasteiger partial charge in [0.1, 0.15) is 0 Å². The molecule has 0 aromatic heterocycles. The summed E-state index contributed by atoms with van der Waals surface area (Å²) < 4.78 is 0. The number of amides is 1. The number of nitrogens with one attached hydrogen (secondary N) is 1. The minimum atomic E-state index is 0. The summed E-state index contributed by atoms with van der Waals surface area (Å²) in [5.74, 6) is 0.172. The fraction of sp³-hybridized carbons (Fsp3) is 0.632. The first-order valence-electron chi connectivity index (χ1n) is 8.74. The van der Waals surface area contributed by atoms with Gasteiger partial charge in [-0.05, 0) is 57.3 Å². The number of halogens is 1. The quantitative estimate of drug-likeness (QED) is 0.730. The summed E-state index contributed by atoms with van der Waals surface area (Å²) in [5.41, 5.74) is 3.27. The smallest absolute Gasteiger partial charge is 0.241 e. The van der Waals surface area contributed by atoms with Crippen molar-refractivity contribution in [2.24, 2.45) is 0 Å². The maximum atomic E-state index is 12.7. The number of rotatable bonds is 7. The summed E-state index contributed by atoms with van der Waals surface area (Å²) in [6.45, 7) is 8.47. The summed E-state index contributed by atoms with van der Waals surface area (Å²) in [5, 5.41) is 3.17. The second kappa shape index (κ2) is 9.94. The van der Waals surface area contributed by atoms with Crippen LogP contribution < -0.4 is 5.32 Å². The molecule has 1 aromatic carbocycles. The molecule has 0 bridgehead atoms. The lowest BCUT2D eigenvalue weighted by atomic mass is 10.1. The van der Waals surface area contributed by atoms with Crippen LogP contribution in [0.2, 0.25) is 0 Å². The third-order valence-electron chi connectivity index (χ3n) is 4.69. The van der Waals surface area contributed by atoms with E-state index in [1.165, 1.54) is 25.7 Å². The van der Waals surface area contributed by atoms with Crippen molar-refractivity contribution in [1.82, 2.24) is 4.90 Å². The fourth-order valence-corrected chi connectivity index (χ4v) is 3.35. The average molecular weight is 339 g/mol. The average Bonchev–Trinajstić information content (AvgIpc) is 2.96. The van der Waals surface area contributed by atoms with Crippen molar-refractivity contribution < 1.29 is 4.79 Å². The molecule has 1 aliphatic rings. The molecule has 1 atom stereocenters. The predicted molar refractivity (Wildman–Crippen MR) is 101 cm³/mol. The van der Waals surface area contributed by atoms with Crippen LogP contribution in [0.5, 0.6) is 0 Å². The van der Waals surface area contributed by atoms with Crippen molar-refractivity contribution in [3.8, 4) is 0 Å². The van der Waals surface area contributed by atoms with Gasteiger partial charge in [-0.3, -0.25) is 9.69 Å². The molecule has 1 heterocycles. The molecule has 1 saturated heterocycles. The highest BCUT2D eigenvalue weighted by Crippen LogP contribution is 2.23. The minimum Gasteiger partial charge on any atom is -0.324 e. The zero-order valence-corrected chi connectivity index (χ0v) is 15.5. The highest BCUT2D eigenvalue weighted by Gasteiger charge is 2.30. The Kier molecular flexibility index (Phi) is 8.64. The number of para-hydroxylation sites is 1. The second-order valence-corrected chi connectivity index (χ2v) is 6.51. The lowest BCUT2D eigenvalue weighted by Gasteiger charge is -2.24. The highest BCUT2D eigenvalue weighted by atomic mass is 35.5. The third kappa shape index (κ3) is 5.50. The first-order valence-corrected chi connectivity index (χ1v) is 8.74.